The van der Waals surface area contributed by atoms with E-state index in [2.05, 4.69) is 39.2 Å². The Bertz CT molecular complexity index is 891. The molecule has 1 saturated heterocycles. The summed E-state index contributed by atoms with van der Waals surface area (Å²) in [4.78, 5) is 23.3. The molecule has 33 heavy (non-hydrogen) atoms. The molecule has 1 aliphatic rings. The van der Waals surface area contributed by atoms with E-state index < -0.39 is 6.04 Å². The molecule has 1 amide bonds. The fourth-order valence-corrected chi connectivity index (χ4v) is 3.82. The third-order valence-electron chi connectivity index (χ3n) is 5.92. The van der Waals surface area contributed by atoms with Gasteiger partial charge in [0.15, 0.2) is 5.82 Å². The number of ether oxygens (including phenoxy) is 1. The number of pyridine rings is 1. The monoisotopic (exact) mass is 461 g/mol. The lowest BCUT2D eigenvalue weighted by molar-refractivity contribution is 0.0878. The summed E-state index contributed by atoms with van der Waals surface area (Å²) in [5.41, 5.74) is 0.927. The van der Waals surface area contributed by atoms with Crippen LogP contribution in [0, 0.1) is 12.8 Å². The van der Waals surface area contributed by atoms with Crippen molar-refractivity contribution in [2.75, 3.05) is 37.8 Å². The summed E-state index contributed by atoms with van der Waals surface area (Å²) >= 11 is 0. The van der Waals surface area contributed by atoms with E-state index in [0.717, 1.165) is 44.6 Å². The average molecular weight is 462 g/mol. The Labute approximate surface area is 194 Å². The normalized spacial score (nSPS) is 14.8. The van der Waals surface area contributed by atoms with Crippen LogP contribution in [0.15, 0.2) is 16.7 Å². The van der Waals surface area contributed by atoms with Crippen molar-refractivity contribution in [1.29, 1.82) is 0 Å². The maximum absolute atomic E-state index is 12.3. The molecular formula is C23H35N5O5. The molecule has 0 aromatic carbocycles. The van der Waals surface area contributed by atoms with Crippen molar-refractivity contribution >= 4 is 11.9 Å². The SMILES string of the molecule is Cc1nc(OCCCC2CCN(c3nc(C(C)C)no3)CC2)ccc1C(=O)NC(CO)CO. The maximum atomic E-state index is 12.3. The van der Waals surface area contributed by atoms with Crippen LogP contribution in [0.1, 0.15) is 67.3 Å². The molecule has 0 atom stereocenters. The van der Waals surface area contributed by atoms with E-state index in [1.807, 2.05) is 0 Å². The first-order chi connectivity index (χ1) is 15.9. The Hall–Kier alpha value is -2.72. The predicted octanol–water partition coefficient (Wildman–Crippen LogP) is 2.06. The number of aliphatic hydroxyl groups excluding tert-OH is 2. The minimum Gasteiger partial charge on any atom is -0.478 e. The highest BCUT2D eigenvalue weighted by Gasteiger charge is 2.23. The molecule has 0 radical (unpaired) electrons. The fourth-order valence-electron chi connectivity index (χ4n) is 3.82. The minimum absolute atomic E-state index is 0.261. The zero-order valence-corrected chi connectivity index (χ0v) is 19.7. The van der Waals surface area contributed by atoms with E-state index in [-0.39, 0.29) is 25.0 Å². The van der Waals surface area contributed by atoms with E-state index in [1.165, 1.54) is 0 Å². The van der Waals surface area contributed by atoms with Gasteiger partial charge >= 0.3 is 6.01 Å². The molecule has 0 unspecified atom stereocenters. The number of carbonyl (C=O) groups excluding carboxylic acids is 1. The first-order valence-electron chi connectivity index (χ1n) is 11.6. The highest BCUT2D eigenvalue weighted by atomic mass is 16.5. The van der Waals surface area contributed by atoms with Crippen LogP contribution in [0.5, 0.6) is 5.88 Å². The molecule has 0 aliphatic carbocycles. The van der Waals surface area contributed by atoms with Crippen molar-refractivity contribution in [2.45, 2.75) is 58.4 Å². The van der Waals surface area contributed by atoms with Crippen LogP contribution in [-0.2, 0) is 0 Å². The van der Waals surface area contributed by atoms with Crippen LogP contribution in [0.2, 0.25) is 0 Å². The number of carbonyl (C=O) groups is 1. The molecule has 2 aromatic heterocycles. The highest BCUT2D eigenvalue weighted by molar-refractivity contribution is 5.95. The van der Waals surface area contributed by atoms with Gasteiger partial charge in [0.2, 0.25) is 5.88 Å². The second-order valence-electron chi connectivity index (χ2n) is 8.83. The number of aromatic nitrogens is 3. The van der Waals surface area contributed by atoms with Crippen molar-refractivity contribution in [3.05, 3.63) is 29.2 Å². The van der Waals surface area contributed by atoms with Gasteiger partial charge in [-0.25, -0.2) is 4.98 Å². The lowest BCUT2D eigenvalue weighted by atomic mass is 9.92. The van der Waals surface area contributed by atoms with E-state index in [9.17, 15) is 4.79 Å². The second-order valence-corrected chi connectivity index (χ2v) is 8.83. The molecule has 10 nitrogen and oxygen atoms in total. The number of piperidine rings is 1. The number of anilines is 1. The second kappa shape index (κ2) is 11.9. The molecule has 0 saturated carbocycles. The highest BCUT2D eigenvalue weighted by Crippen LogP contribution is 2.26. The van der Waals surface area contributed by atoms with Gasteiger partial charge in [0.1, 0.15) is 0 Å². The Morgan fingerprint density at radius 2 is 1.97 bits per heavy atom. The predicted molar refractivity (Wildman–Crippen MR) is 122 cm³/mol. The van der Waals surface area contributed by atoms with Crippen molar-refractivity contribution in [3.8, 4) is 5.88 Å². The van der Waals surface area contributed by atoms with Crippen LogP contribution in [0.25, 0.3) is 0 Å². The Kier molecular flexibility index (Phi) is 9.02. The Morgan fingerprint density at radius 3 is 2.58 bits per heavy atom. The molecular weight excluding hydrogens is 426 g/mol. The molecule has 10 heteroatoms. The Balaban J connectivity index is 1.38. The van der Waals surface area contributed by atoms with Gasteiger partial charge in [-0.3, -0.25) is 4.79 Å². The topological polar surface area (TPSA) is 134 Å². The standard InChI is InChI=1S/C23H35N5O5/c1-15(2)21-26-23(33-27-21)28-10-8-17(9-11-28)5-4-12-32-20-7-6-19(16(3)24-20)22(31)25-18(13-29)14-30/h6-7,15,17-18,29-30H,4-5,8-14H2,1-3H3,(H,25,31). The van der Waals surface area contributed by atoms with Crippen LogP contribution in [-0.4, -0.2) is 70.2 Å². The fraction of sp³-hybridized carbons (Fsp3) is 0.652. The number of nitrogens with zero attached hydrogens (tertiary/aromatic N) is 4. The van der Waals surface area contributed by atoms with E-state index in [1.54, 1.807) is 19.1 Å². The molecule has 0 spiro atoms. The van der Waals surface area contributed by atoms with E-state index >= 15 is 0 Å². The van der Waals surface area contributed by atoms with E-state index in [0.29, 0.717) is 35.7 Å². The van der Waals surface area contributed by atoms with Crippen molar-refractivity contribution in [3.63, 3.8) is 0 Å². The minimum atomic E-state index is -0.691. The summed E-state index contributed by atoms with van der Waals surface area (Å²) < 4.78 is 11.2. The zero-order valence-electron chi connectivity index (χ0n) is 19.7. The molecule has 3 N–H and O–H groups in total. The smallest absolute Gasteiger partial charge is 0.324 e. The third kappa shape index (κ3) is 6.88. The summed E-state index contributed by atoms with van der Waals surface area (Å²) in [6.07, 6.45) is 4.19. The van der Waals surface area contributed by atoms with Gasteiger partial charge < -0.3 is 29.7 Å². The van der Waals surface area contributed by atoms with Crippen LogP contribution in [0.3, 0.4) is 0 Å². The van der Waals surface area contributed by atoms with Gasteiger partial charge in [0.25, 0.3) is 5.91 Å². The average Bonchev–Trinajstić information content (AvgIpc) is 3.31. The Morgan fingerprint density at radius 1 is 1.24 bits per heavy atom. The molecule has 0 bridgehead atoms. The summed E-state index contributed by atoms with van der Waals surface area (Å²) in [6.45, 7) is 7.59. The van der Waals surface area contributed by atoms with Gasteiger partial charge in [0, 0.05) is 25.1 Å². The molecule has 2 aromatic rings. The first kappa shape index (κ1) is 24.9. The largest absolute Gasteiger partial charge is 0.478 e. The lowest BCUT2D eigenvalue weighted by Gasteiger charge is -2.30. The number of aryl methyl sites for hydroxylation is 1. The van der Waals surface area contributed by atoms with Crippen molar-refractivity contribution < 1.29 is 24.3 Å². The van der Waals surface area contributed by atoms with Crippen LogP contribution in [0.4, 0.5) is 6.01 Å². The van der Waals surface area contributed by atoms with Crippen LogP contribution < -0.4 is 15.0 Å². The number of hydrogen-bond acceptors (Lipinski definition) is 9. The lowest BCUT2D eigenvalue weighted by Crippen LogP contribution is -2.40. The number of rotatable bonds is 11. The van der Waals surface area contributed by atoms with Gasteiger partial charge in [-0.2, -0.15) is 4.98 Å². The summed E-state index contributed by atoms with van der Waals surface area (Å²) in [5, 5.41) is 24.8. The molecule has 1 fully saturated rings. The third-order valence-corrected chi connectivity index (χ3v) is 5.92. The summed E-state index contributed by atoms with van der Waals surface area (Å²) in [7, 11) is 0. The molecule has 3 rings (SSSR count). The van der Waals surface area contributed by atoms with Crippen molar-refractivity contribution in [2.24, 2.45) is 5.92 Å². The molecule has 3 heterocycles. The van der Waals surface area contributed by atoms with Gasteiger partial charge in [-0.1, -0.05) is 19.0 Å². The van der Waals surface area contributed by atoms with Gasteiger partial charge in [-0.15, -0.1) is 0 Å². The first-order valence-corrected chi connectivity index (χ1v) is 11.6. The van der Waals surface area contributed by atoms with Crippen molar-refractivity contribution in [1.82, 2.24) is 20.4 Å². The zero-order chi connectivity index (χ0) is 23.8. The van der Waals surface area contributed by atoms with Gasteiger partial charge in [-0.05, 0) is 44.6 Å². The molecule has 182 valence electrons. The van der Waals surface area contributed by atoms with Crippen LogP contribution >= 0.6 is 0 Å². The number of aliphatic hydroxyl groups is 2. The summed E-state index contributed by atoms with van der Waals surface area (Å²) in [5.74, 6) is 1.76. The summed E-state index contributed by atoms with van der Waals surface area (Å²) in [6, 6.07) is 3.26. The number of hydrogen-bond donors (Lipinski definition) is 3. The number of amides is 1. The maximum Gasteiger partial charge on any atom is 0.324 e. The van der Waals surface area contributed by atoms with E-state index in [4.69, 9.17) is 19.5 Å². The number of nitrogens with one attached hydrogen (secondary N) is 1. The van der Waals surface area contributed by atoms with Gasteiger partial charge in [0.05, 0.1) is 37.1 Å². The molecule has 1 aliphatic heterocycles. The quantitative estimate of drug-likeness (QED) is 0.430.